The number of benzene rings is 2. The molecule has 1 heterocycles. The van der Waals surface area contributed by atoms with Crippen molar-refractivity contribution in [3.8, 4) is 5.75 Å². The van der Waals surface area contributed by atoms with E-state index in [9.17, 15) is 19.7 Å². The minimum absolute atomic E-state index is 0.0518. The molecule has 0 saturated heterocycles. The maximum Gasteiger partial charge on any atom is 0.331 e. The first-order chi connectivity index (χ1) is 11.9. The highest BCUT2D eigenvalue weighted by atomic mass is 35.5. The fraction of sp³-hybridized carbons (Fsp3) is 0.125. The van der Waals surface area contributed by atoms with Crippen LogP contribution in [0.15, 0.2) is 42.5 Å². The predicted molar refractivity (Wildman–Crippen MR) is 91.0 cm³/mol. The summed E-state index contributed by atoms with van der Waals surface area (Å²) in [6, 6.07) is 10.7. The summed E-state index contributed by atoms with van der Waals surface area (Å²) in [5, 5.41) is 13.9. The van der Waals surface area contributed by atoms with Gasteiger partial charge in [0.15, 0.2) is 5.75 Å². The van der Waals surface area contributed by atoms with Gasteiger partial charge in [0, 0.05) is 6.07 Å². The minimum atomic E-state index is -0.599. The number of rotatable bonds is 4. The van der Waals surface area contributed by atoms with E-state index >= 15 is 0 Å². The Hall–Kier alpha value is -3.13. The summed E-state index contributed by atoms with van der Waals surface area (Å²) in [4.78, 5) is 35.7. The van der Waals surface area contributed by atoms with Crippen molar-refractivity contribution in [3.63, 3.8) is 0 Å². The summed E-state index contributed by atoms with van der Waals surface area (Å²) in [7, 11) is 0. The van der Waals surface area contributed by atoms with Crippen molar-refractivity contribution in [2.24, 2.45) is 0 Å². The Morgan fingerprint density at radius 2 is 2.08 bits per heavy atom. The summed E-state index contributed by atoms with van der Waals surface area (Å²) in [6.45, 7) is -0.272. The van der Waals surface area contributed by atoms with Crippen LogP contribution in [0.4, 0.5) is 17.1 Å². The van der Waals surface area contributed by atoms with Crippen LogP contribution in [0, 0.1) is 10.1 Å². The number of non-ortho nitro benzene ring substituents is 1. The highest BCUT2D eigenvalue weighted by molar-refractivity contribution is 6.33. The van der Waals surface area contributed by atoms with E-state index in [0.29, 0.717) is 16.4 Å². The number of esters is 1. The maximum absolute atomic E-state index is 12.3. The molecule has 0 saturated carbocycles. The number of hydrogen-bond donors (Lipinski definition) is 1. The van der Waals surface area contributed by atoms with Crippen LogP contribution >= 0.6 is 11.6 Å². The lowest BCUT2D eigenvalue weighted by atomic mass is 10.2. The number of nitrogens with zero attached hydrogens (tertiary/aromatic N) is 2. The monoisotopic (exact) mass is 361 g/mol. The van der Waals surface area contributed by atoms with Crippen LogP contribution in [0.5, 0.6) is 5.75 Å². The zero-order chi connectivity index (χ0) is 18.0. The van der Waals surface area contributed by atoms with Crippen molar-refractivity contribution in [1.82, 2.24) is 0 Å². The highest BCUT2D eigenvalue weighted by Gasteiger charge is 2.27. The zero-order valence-electron chi connectivity index (χ0n) is 12.8. The molecule has 25 heavy (non-hydrogen) atoms. The van der Waals surface area contributed by atoms with Gasteiger partial charge in [0.25, 0.3) is 5.69 Å². The molecule has 0 aromatic heterocycles. The average Bonchev–Trinajstić information content (AvgIpc) is 2.56. The Labute approximate surface area is 147 Å². The largest absolute Gasteiger partial charge is 0.423 e. The third-order valence-corrected chi connectivity index (χ3v) is 3.85. The fourth-order valence-corrected chi connectivity index (χ4v) is 2.61. The van der Waals surface area contributed by atoms with Gasteiger partial charge >= 0.3 is 5.97 Å². The molecule has 128 valence electrons. The van der Waals surface area contributed by atoms with Gasteiger partial charge in [-0.1, -0.05) is 23.7 Å². The quantitative estimate of drug-likeness (QED) is 0.388. The van der Waals surface area contributed by atoms with Crippen molar-refractivity contribution in [2.75, 3.05) is 23.3 Å². The number of nitrogens with one attached hydrogen (secondary N) is 1. The summed E-state index contributed by atoms with van der Waals surface area (Å²) in [6.07, 6.45) is 0. The fourth-order valence-electron chi connectivity index (χ4n) is 2.42. The molecular formula is C16H12ClN3O5. The van der Waals surface area contributed by atoms with Gasteiger partial charge < -0.3 is 15.0 Å². The van der Waals surface area contributed by atoms with E-state index in [4.69, 9.17) is 16.3 Å². The molecule has 2 aromatic rings. The maximum atomic E-state index is 12.3. The molecule has 9 heteroatoms. The second-order valence-corrected chi connectivity index (χ2v) is 5.67. The third-order valence-electron chi connectivity index (χ3n) is 3.52. The molecule has 0 unspecified atom stereocenters. The van der Waals surface area contributed by atoms with E-state index in [0.717, 1.165) is 6.07 Å². The predicted octanol–water partition coefficient (Wildman–Crippen LogP) is 2.61. The van der Waals surface area contributed by atoms with Crippen molar-refractivity contribution in [3.05, 3.63) is 57.6 Å². The van der Waals surface area contributed by atoms with Crippen LogP contribution in [-0.4, -0.2) is 29.9 Å². The van der Waals surface area contributed by atoms with Crippen molar-refractivity contribution < 1.29 is 19.2 Å². The lowest BCUT2D eigenvalue weighted by Crippen LogP contribution is -2.41. The Morgan fingerprint density at radius 1 is 1.32 bits per heavy atom. The first-order valence-corrected chi connectivity index (χ1v) is 7.60. The smallest absolute Gasteiger partial charge is 0.331 e. The number of amides is 1. The van der Waals surface area contributed by atoms with E-state index in [1.807, 2.05) is 0 Å². The molecule has 0 spiro atoms. The van der Waals surface area contributed by atoms with Gasteiger partial charge in [-0.05, 0) is 18.2 Å². The summed E-state index contributed by atoms with van der Waals surface area (Å²) < 4.78 is 5.03. The molecular weight excluding hydrogens is 350 g/mol. The standard InChI is InChI=1S/C16H12ClN3O5/c17-11-3-1-2-4-12(11)18-15(21)8-19-9-16(22)25-14-7-10(20(23)24)5-6-13(14)19/h1-7H,8-9H2,(H,18,21). The van der Waals surface area contributed by atoms with Gasteiger partial charge in [0.1, 0.15) is 6.54 Å². The lowest BCUT2D eigenvalue weighted by Gasteiger charge is -2.29. The molecule has 3 rings (SSSR count). The number of hydrogen-bond acceptors (Lipinski definition) is 6. The first-order valence-electron chi connectivity index (χ1n) is 7.22. The van der Waals surface area contributed by atoms with Crippen molar-refractivity contribution in [2.45, 2.75) is 0 Å². The Morgan fingerprint density at radius 3 is 2.80 bits per heavy atom. The second kappa shape index (κ2) is 6.78. The molecule has 1 N–H and O–H groups in total. The number of fused-ring (bicyclic) bond motifs is 1. The van der Waals surface area contributed by atoms with E-state index in [-0.39, 0.29) is 30.4 Å². The summed E-state index contributed by atoms with van der Waals surface area (Å²) in [5.41, 5.74) is 0.686. The zero-order valence-corrected chi connectivity index (χ0v) is 13.5. The van der Waals surface area contributed by atoms with Gasteiger partial charge in [-0.25, -0.2) is 4.79 Å². The average molecular weight is 362 g/mol. The molecule has 2 aromatic carbocycles. The normalized spacial score (nSPS) is 13.0. The molecule has 0 fully saturated rings. The van der Waals surface area contributed by atoms with Crippen LogP contribution < -0.4 is 15.0 Å². The van der Waals surface area contributed by atoms with Crippen LogP contribution in [0.1, 0.15) is 0 Å². The van der Waals surface area contributed by atoms with Gasteiger partial charge in [0.2, 0.25) is 5.91 Å². The van der Waals surface area contributed by atoms with E-state index in [2.05, 4.69) is 5.32 Å². The third kappa shape index (κ3) is 3.69. The van der Waals surface area contributed by atoms with E-state index in [1.165, 1.54) is 17.0 Å². The Kier molecular flexibility index (Phi) is 4.53. The van der Waals surface area contributed by atoms with Crippen LogP contribution in [0.3, 0.4) is 0 Å². The number of carbonyl (C=O) groups excluding carboxylic acids is 2. The molecule has 1 aliphatic rings. The number of halogens is 1. The number of nitro groups is 1. The molecule has 1 amide bonds. The van der Waals surface area contributed by atoms with E-state index in [1.54, 1.807) is 24.3 Å². The summed E-state index contributed by atoms with van der Waals surface area (Å²) in [5.74, 6) is -0.929. The van der Waals surface area contributed by atoms with Gasteiger partial charge in [-0.2, -0.15) is 0 Å². The molecule has 1 aliphatic heterocycles. The van der Waals surface area contributed by atoms with Crippen molar-refractivity contribution >= 4 is 40.5 Å². The minimum Gasteiger partial charge on any atom is -0.423 e. The highest BCUT2D eigenvalue weighted by Crippen LogP contribution is 2.35. The van der Waals surface area contributed by atoms with Gasteiger partial charge in [-0.3, -0.25) is 14.9 Å². The number of ether oxygens (including phenoxy) is 1. The number of anilines is 2. The molecule has 8 nitrogen and oxygen atoms in total. The van der Waals surface area contributed by atoms with Gasteiger partial charge in [0.05, 0.1) is 33.9 Å². The Bertz CT molecular complexity index is 871. The molecule has 0 atom stereocenters. The van der Waals surface area contributed by atoms with Crippen molar-refractivity contribution in [1.29, 1.82) is 0 Å². The lowest BCUT2D eigenvalue weighted by molar-refractivity contribution is -0.384. The molecule has 0 bridgehead atoms. The number of carbonyl (C=O) groups is 2. The van der Waals surface area contributed by atoms with Crippen LogP contribution in [0.2, 0.25) is 5.02 Å². The topological polar surface area (TPSA) is 102 Å². The van der Waals surface area contributed by atoms with Crippen LogP contribution in [0.25, 0.3) is 0 Å². The number of para-hydroxylation sites is 1. The summed E-state index contributed by atoms with van der Waals surface area (Å²) >= 11 is 6.00. The van der Waals surface area contributed by atoms with Crippen LogP contribution in [-0.2, 0) is 9.59 Å². The Balaban J connectivity index is 1.79. The number of nitro benzene ring substituents is 1. The first kappa shape index (κ1) is 16.7. The van der Waals surface area contributed by atoms with Gasteiger partial charge in [-0.15, -0.1) is 0 Å². The molecule has 0 aliphatic carbocycles. The second-order valence-electron chi connectivity index (χ2n) is 5.27. The SMILES string of the molecule is O=C(CN1CC(=O)Oc2cc([N+](=O)[O-])ccc21)Nc1ccccc1Cl. The molecule has 0 radical (unpaired) electrons. The van der Waals surface area contributed by atoms with E-state index < -0.39 is 10.9 Å².